The average molecular weight is 323 g/mol. The van der Waals surface area contributed by atoms with Gasteiger partial charge in [-0.2, -0.15) is 0 Å². The maximum absolute atomic E-state index is 12.3. The molecule has 0 aliphatic heterocycles. The highest BCUT2D eigenvalue weighted by Gasteiger charge is 2.15. The van der Waals surface area contributed by atoms with E-state index in [-0.39, 0.29) is 18.2 Å². The molecule has 2 N–H and O–H groups in total. The van der Waals surface area contributed by atoms with Crippen molar-refractivity contribution < 1.29 is 14.1 Å². The molecule has 1 heterocycles. The van der Waals surface area contributed by atoms with Crippen molar-refractivity contribution in [1.29, 1.82) is 0 Å². The quantitative estimate of drug-likeness (QED) is 0.773. The molecule has 0 aliphatic rings. The van der Waals surface area contributed by atoms with Gasteiger partial charge in [0, 0.05) is 23.7 Å². The molecular weight excluding hydrogens is 306 g/mol. The van der Waals surface area contributed by atoms with Crippen molar-refractivity contribution in [2.45, 2.75) is 13.3 Å². The zero-order valence-corrected chi connectivity index (χ0v) is 13.4. The molecule has 0 unspecified atom stereocenters. The summed E-state index contributed by atoms with van der Waals surface area (Å²) in [5.41, 5.74) is 3.09. The van der Waals surface area contributed by atoms with Crippen molar-refractivity contribution in [2.75, 3.05) is 12.4 Å². The molecule has 0 spiro atoms. The number of hydrogen-bond donors (Lipinski definition) is 2. The number of carbonyl (C=O) groups excluding carboxylic acids is 2. The van der Waals surface area contributed by atoms with E-state index in [1.807, 2.05) is 18.2 Å². The van der Waals surface area contributed by atoms with Crippen molar-refractivity contribution in [3.8, 4) is 0 Å². The zero-order valence-electron chi connectivity index (χ0n) is 13.4. The molecule has 3 rings (SSSR count). The Kier molecular flexibility index (Phi) is 4.29. The van der Waals surface area contributed by atoms with Gasteiger partial charge in [0.2, 0.25) is 5.91 Å². The van der Waals surface area contributed by atoms with Crippen LogP contribution in [0.4, 0.5) is 5.69 Å². The summed E-state index contributed by atoms with van der Waals surface area (Å²) in [6, 6.07) is 12.6. The first-order valence-electron chi connectivity index (χ1n) is 7.55. The standard InChI is InChI=1S/C18H17N3O3/c1-11-12(18(23)19-2)7-5-8-14(11)20-17(22)10-15-13-6-3-4-9-16(13)24-21-15/h3-9H,10H2,1-2H3,(H,19,23)(H,20,22). The van der Waals surface area contributed by atoms with Crippen LogP contribution in [0.15, 0.2) is 47.0 Å². The predicted octanol–water partition coefficient (Wildman–Crippen LogP) is 2.68. The van der Waals surface area contributed by atoms with Gasteiger partial charge in [-0.05, 0) is 36.8 Å². The number of nitrogens with zero attached hydrogens (tertiary/aromatic N) is 1. The summed E-state index contributed by atoms with van der Waals surface area (Å²) in [4.78, 5) is 24.2. The second kappa shape index (κ2) is 6.54. The number of aromatic nitrogens is 1. The SMILES string of the molecule is CNC(=O)c1cccc(NC(=O)Cc2noc3ccccc23)c1C. The number of hydrogen-bond acceptors (Lipinski definition) is 4. The van der Waals surface area contributed by atoms with Crippen LogP contribution in [0.1, 0.15) is 21.6 Å². The van der Waals surface area contributed by atoms with Gasteiger partial charge in [0.1, 0.15) is 5.69 Å². The highest BCUT2D eigenvalue weighted by molar-refractivity contribution is 6.00. The molecule has 0 saturated heterocycles. The summed E-state index contributed by atoms with van der Waals surface area (Å²) in [5.74, 6) is -0.405. The van der Waals surface area contributed by atoms with E-state index < -0.39 is 0 Å². The molecular formula is C18H17N3O3. The molecule has 2 aromatic carbocycles. The Labute approximate surface area is 138 Å². The summed E-state index contributed by atoms with van der Waals surface area (Å²) in [6.07, 6.45) is 0.0979. The minimum Gasteiger partial charge on any atom is -0.356 e. The number of fused-ring (bicyclic) bond motifs is 1. The third-order valence-corrected chi connectivity index (χ3v) is 3.86. The second-order valence-corrected chi connectivity index (χ2v) is 5.41. The van der Waals surface area contributed by atoms with E-state index in [1.165, 1.54) is 0 Å². The van der Waals surface area contributed by atoms with E-state index in [2.05, 4.69) is 15.8 Å². The van der Waals surface area contributed by atoms with E-state index in [4.69, 9.17) is 4.52 Å². The van der Waals surface area contributed by atoms with Gasteiger partial charge in [-0.3, -0.25) is 9.59 Å². The van der Waals surface area contributed by atoms with E-state index in [1.54, 1.807) is 38.2 Å². The van der Waals surface area contributed by atoms with Gasteiger partial charge in [-0.25, -0.2) is 0 Å². The van der Waals surface area contributed by atoms with Gasteiger partial charge in [-0.15, -0.1) is 0 Å². The van der Waals surface area contributed by atoms with Crippen LogP contribution in [0.3, 0.4) is 0 Å². The van der Waals surface area contributed by atoms with Crippen LogP contribution >= 0.6 is 0 Å². The number of nitrogens with one attached hydrogen (secondary N) is 2. The molecule has 0 bridgehead atoms. The summed E-state index contributed by atoms with van der Waals surface area (Å²) < 4.78 is 5.21. The first-order valence-corrected chi connectivity index (χ1v) is 7.55. The van der Waals surface area contributed by atoms with E-state index in [0.717, 1.165) is 10.9 Å². The van der Waals surface area contributed by atoms with Crippen LogP contribution in [0.2, 0.25) is 0 Å². The summed E-state index contributed by atoms with van der Waals surface area (Å²) in [6.45, 7) is 1.80. The van der Waals surface area contributed by atoms with Gasteiger partial charge in [0.15, 0.2) is 5.58 Å². The Morgan fingerprint density at radius 2 is 1.92 bits per heavy atom. The highest BCUT2D eigenvalue weighted by Crippen LogP contribution is 2.21. The number of amides is 2. The lowest BCUT2D eigenvalue weighted by Gasteiger charge is -2.11. The summed E-state index contributed by atoms with van der Waals surface area (Å²) >= 11 is 0. The van der Waals surface area contributed by atoms with Crippen LogP contribution < -0.4 is 10.6 Å². The fraction of sp³-hybridized carbons (Fsp3) is 0.167. The summed E-state index contributed by atoms with van der Waals surface area (Å²) in [5, 5.41) is 10.2. The Morgan fingerprint density at radius 3 is 2.71 bits per heavy atom. The maximum atomic E-state index is 12.3. The van der Waals surface area contributed by atoms with Crippen molar-refractivity contribution in [3.63, 3.8) is 0 Å². The fourth-order valence-corrected chi connectivity index (χ4v) is 2.56. The van der Waals surface area contributed by atoms with E-state index in [9.17, 15) is 9.59 Å². The molecule has 0 saturated carbocycles. The van der Waals surface area contributed by atoms with Crippen molar-refractivity contribution >= 4 is 28.5 Å². The molecule has 3 aromatic rings. The van der Waals surface area contributed by atoms with E-state index >= 15 is 0 Å². The minimum atomic E-state index is -0.216. The predicted molar refractivity (Wildman–Crippen MR) is 90.9 cm³/mol. The number of benzene rings is 2. The van der Waals surface area contributed by atoms with Crippen LogP contribution in [0, 0.1) is 6.92 Å². The Balaban J connectivity index is 1.79. The third kappa shape index (κ3) is 2.99. The lowest BCUT2D eigenvalue weighted by molar-refractivity contribution is -0.115. The zero-order chi connectivity index (χ0) is 17.1. The molecule has 0 aliphatic carbocycles. The molecule has 122 valence electrons. The lowest BCUT2D eigenvalue weighted by Crippen LogP contribution is -2.21. The van der Waals surface area contributed by atoms with Crippen molar-refractivity contribution in [3.05, 3.63) is 59.3 Å². The van der Waals surface area contributed by atoms with Crippen LogP contribution in [0.25, 0.3) is 11.0 Å². The number of para-hydroxylation sites is 1. The number of rotatable bonds is 4. The molecule has 24 heavy (non-hydrogen) atoms. The Hall–Kier alpha value is -3.15. The minimum absolute atomic E-state index is 0.0979. The molecule has 2 amide bonds. The fourth-order valence-electron chi connectivity index (χ4n) is 2.56. The smallest absolute Gasteiger partial charge is 0.251 e. The molecule has 0 atom stereocenters. The molecule has 6 nitrogen and oxygen atoms in total. The summed E-state index contributed by atoms with van der Waals surface area (Å²) in [7, 11) is 1.57. The molecule has 0 radical (unpaired) electrons. The first-order chi connectivity index (χ1) is 11.6. The Bertz CT molecular complexity index is 915. The van der Waals surface area contributed by atoms with Crippen LogP contribution in [-0.2, 0) is 11.2 Å². The first kappa shape index (κ1) is 15.7. The average Bonchev–Trinajstić information content (AvgIpc) is 2.99. The molecule has 6 heteroatoms. The second-order valence-electron chi connectivity index (χ2n) is 5.41. The van der Waals surface area contributed by atoms with Gasteiger partial charge in [0.25, 0.3) is 5.91 Å². The third-order valence-electron chi connectivity index (χ3n) is 3.86. The maximum Gasteiger partial charge on any atom is 0.251 e. The number of carbonyl (C=O) groups is 2. The molecule has 0 fully saturated rings. The van der Waals surface area contributed by atoms with Crippen LogP contribution in [-0.4, -0.2) is 24.0 Å². The molecule has 1 aromatic heterocycles. The largest absolute Gasteiger partial charge is 0.356 e. The topological polar surface area (TPSA) is 84.2 Å². The number of anilines is 1. The van der Waals surface area contributed by atoms with Crippen molar-refractivity contribution in [2.24, 2.45) is 0 Å². The van der Waals surface area contributed by atoms with Gasteiger partial charge >= 0.3 is 0 Å². The monoisotopic (exact) mass is 323 g/mol. The van der Waals surface area contributed by atoms with E-state index in [0.29, 0.717) is 22.5 Å². The van der Waals surface area contributed by atoms with Crippen LogP contribution in [0.5, 0.6) is 0 Å². The van der Waals surface area contributed by atoms with Gasteiger partial charge in [0.05, 0.1) is 6.42 Å². The van der Waals surface area contributed by atoms with Crippen molar-refractivity contribution in [1.82, 2.24) is 10.5 Å². The normalized spacial score (nSPS) is 10.6. The van der Waals surface area contributed by atoms with Gasteiger partial charge in [-0.1, -0.05) is 23.4 Å². The highest BCUT2D eigenvalue weighted by atomic mass is 16.5. The Morgan fingerprint density at radius 1 is 1.12 bits per heavy atom. The van der Waals surface area contributed by atoms with Gasteiger partial charge < -0.3 is 15.2 Å². The lowest BCUT2D eigenvalue weighted by atomic mass is 10.1.